The van der Waals surface area contributed by atoms with Crippen LogP contribution in [0.25, 0.3) is 0 Å². The lowest BCUT2D eigenvalue weighted by atomic mass is 10.1. The van der Waals surface area contributed by atoms with E-state index < -0.39 is 10.0 Å². The zero-order chi connectivity index (χ0) is 13.8. The monoisotopic (exact) mass is 270 g/mol. The molecule has 0 aliphatic rings. The highest BCUT2D eigenvalue weighted by Crippen LogP contribution is 2.21. The summed E-state index contributed by atoms with van der Waals surface area (Å²) in [7, 11) is -1.96. The maximum atomic E-state index is 11.8. The second-order valence-corrected chi connectivity index (χ2v) is 6.23. The minimum atomic E-state index is -3.38. The molecule has 0 spiro atoms. The Labute approximate surface area is 110 Å². The lowest BCUT2D eigenvalue weighted by Gasteiger charge is -2.18. The molecule has 0 atom stereocenters. The Morgan fingerprint density at radius 3 is 2.33 bits per heavy atom. The molecule has 1 aromatic carbocycles. The third kappa shape index (κ3) is 3.46. The van der Waals surface area contributed by atoms with E-state index >= 15 is 0 Å². The van der Waals surface area contributed by atoms with Crippen molar-refractivity contribution < 1.29 is 8.42 Å². The van der Waals surface area contributed by atoms with Crippen molar-refractivity contribution in [1.29, 1.82) is 0 Å². The van der Waals surface area contributed by atoms with Gasteiger partial charge in [-0.25, -0.2) is 13.1 Å². The minimum Gasteiger partial charge on any atom is -0.382 e. The van der Waals surface area contributed by atoms with Gasteiger partial charge in [-0.05, 0) is 44.5 Å². The molecular weight excluding hydrogens is 248 g/mol. The van der Waals surface area contributed by atoms with Crippen molar-refractivity contribution in [1.82, 2.24) is 4.72 Å². The fourth-order valence-electron chi connectivity index (χ4n) is 1.75. The van der Waals surface area contributed by atoms with E-state index in [9.17, 15) is 8.42 Å². The maximum absolute atomic E-state index is 11.8. The molecule has 0 saturated carbocycles. The Bertz CT molecular complexity index is 494. The van der Waals surface area contributed by atoms with Crippen molar-refractivity contribution in [2.24, 2.45) is 0 Å². The second-order valence-electron chi connectivity index (χ2n) is 4.34. The highest BCUT2D eigenvalue weighted by Gasteiger charge is 2.13. The molecule has 0 fully saturated rings. The summed E-state index contributed by atoms with van der Waals surface area (Å²) in [6, 6.07) is 5.52. The predicted octanol–water partition coefficient (Wildman–Crippen LogP) is 2.50. The molecule has 4 nitrogen and oxygen atoms in total. The average Bonchev–Trinajstić information content (AvgIpc) is 2.37. The lowest BCUT2D eigenvalue weighted by molar-refractivity contribution is 0.588. The molecule has 0 amide bonds. The molecule has 2 N–H and O–H groups in total. The number of anilines is 1. The summed E-state index contributed by atoms with van der Waals surface area (Å²) in [5.41, 5.74) is 1.94. The molecule has 0 aromatic heterocycles. The third-order valence-corrected chi connectivity index (χ3v) is 4.55. The predicted molar refractivity (Wildman–Crippen MR) is 75.4 cm³/mol. The van der Waals surface area contributed by atoms with Gasteiger partial charge in [0.2, 0.25) is 10.0 Å². The molecule has 18 heavy (non-hydrogen) atoms. The van der Waals surface area contributed by atoms with E-state index in [1.807, 2.05) is 13.0 Å². The van der Waals surface area contributed by atoms with Crippen molar-refractivity contribution in [2.75, 3.05) is 12.4 Å². The van der Waals surface area contributed by atoms with Gasteiger partial charge in [0, 0.05) is 11.7 Å². The van der Waals surface area contributed by atoms with E-state index in [0.29, 0.717) is 10.9 Å². The van der Waals surface area contributed by atoms with Gasteiger partial charge in [-0.3, -0.25) is 0 Å². The normalized spacial score (nSPS) is 11.8. The van der Waals surface area contributed by atoms with Gasteiger partial charge in [0.1, 0.15) is 0 Å². The number of nitrogens with one attached hydrogen (secondary N) is 2. The van der Waals surface area contributed by atoms with Crippen LogP contribution in [-0.2, 0) is 10.0 Å². The summed E-state index contributed by atoms with van der Waals surface area (Å²) in [5, 5.41) is 3.39. The van der Waals surface area contributed by atoms with Crippen LogP contribution in [-0.4, -0.2) is 21.5 Å². The van der Waals surface area contributed by atoms with Crippen molar-refractivity contribution in [3.8, 4) is 0 Å². The number of aryl methyl sites for hydroxylation is 1. The Morgan fingerprint density at radius 1 is 1.22 bits per heavy atom. The fraction of sp³-hybridized carbons (Fsp3) is 0.538. The van der Waals surface area contributed by atoms with Crippen LogP contribution in [0, 0.1) is 6.92 Å². The summed E-state index contributed by atoms with van der Waals surface area (Å²) in [4.78, 5) is 0.295. The summed E-state index contributed by atoms with van der Waals surface area (Å²) in [6.45, 7) is 6.20. The topological polar surface area (TPSA) is 58.2 Å². The second kappa shape index (κ2) is 6.20. The first-order chi connectivity index (χ1) is 8.44. The van der Waals surface area contributed by atoms with E-state index in [-0.39, 0.29) is 0 Å². The largest absolute Gasteiger partial charge is 0.382 e. The number of rotatable bonds is 6. The lowest BCUT2D eigenvalue weighted by Crippen LogP contribution is -2.20. The van der Waals surface area contributed by atoms with E-state index in [2.05, 4.69) is 23.9 Å². The van der Waals surface area contributed by atoms with Gasteiger partial charge in [-0.15, -0.1) is 0 Å². The summed E-state index contributed by atoms with van der Waals surface area (Å²) >= 11 is 0. The van der Waals surface area contributed by atoms with E-state index in [1.165, 1.54) is 7.05 Å². The Morgan fingerprint density at radius 2 is 1.83 bits per heavy atom. The van der Waals surface area contributed by atoms with Gasteiger partial charge in [0.25, 0.3) is 0 Å². The van der Waals surface area contributed by atoms with E-state index in [1.54, 1.807) is 12.1 Å². The molecule has 0 saturated heterocycles. The van der Waals surface area contributed by atoms with Crippen LogP contribution in [0.1, 0.15) is 32.3 Å². The Kier molecular flexibility index (Phi) is 5.16. The first-order valence-corrected chi connectivity index (χ1v) is 7.73. The standard InChI is InChI=1S/C13H22N2O2S/c1-5-11(6-2)15-13-9-12(8-7-10(13)3)18(16,17)14-4/h7-9,11,14-15H,5-6H2,1-4H3. The number of hydrogen-bond acceptors (Lipinski definition) is 3. The van der Waals surface area contributed by atoms with Crippen LogP contribution in [0.15, 0.2) is 23.1 Å². The highest BCUT2D eigenvalue weighted by atomic mass is 32.2. The van der Waals surface area contributed by atoms with Gasteiger partial charge in [0.05, 0.1) is 4.90 Å². The van der Waals surface area contributed by atoms with E-state index in [0.717, 1.165) is 24.1 Å². The molecule has 5 heteroatoms. The number of benzene rings is 1. The Balaban J connectivity index is 3.09. The van der Waals surface area contributed by atoms with Crippen LogP contribution >= 0.6 is 0 Å². The van der Waals surface area contributed by atoms with Gasteiger partial charge < -0.3 is 5.32 Å². The summed E-state index contributed by atoms with van der Waals surface area (Å²) < 4.78 is 25.8. The molecule has 0 heterocycles. The van der Waals surface area contributed by atoms with Gasteiger partial charge in [-0.1, -0.05) is 19.9 Å². The van der Waals surface area contributed by atoms with Gasteiger partial charge in [0.15, 0.2) is 0 Å². The van der Waals surface area contributed by atoms with Crippen molar-refractivity contribution >= 4 is 15.7 Å². The smallest absolute Gasteiger partial charge is 0.240 e. The van der Waals surface area contributed by atoms with Crippen molar-refractivity contribution in [3.05, 3.63) is 23.8 Å². The maximum Gasteiger partial charge on any atom is 0.240 e. The van der Waals surface area contributed by atoms with Crippen LogP contribution in [0.2, 0.25) is 0 Å². The summed E-state index contributed by atoms with van der Waals surface area (Å²) in [6.07, 6.45) is 2.03. The van der Waals surface area contributed by atoms with E-state index in [4.69, 9.17) is 0 Å². The number of sulfonamides is 1. The number of hydrogen-bond donors (Lipinski definition) is 2. The molecular formula is C13H22N2O2S. The van der Waals surface area contributed by atoms with Crippen molar-refractivity contribution in [3.63, 3.8) is 0 Å². The molecule has 1 aromatic rings. The van der Waals surface area contributed by atoms with Gasteiger partial charge in [-0.2, -0.15) is 0 Å². The molecule has 0 aliphatic carbocycles. The quantitative estimate of drug-likeness (QED) is 0.835. The molecule has 0 radical (unpaired) electrons. The first kappa shape index (κ1) is 15.0. The minimum absolute atomic E-state index is 0.295. The average molecular weight is 270 g/mol. The van der Waals surface area contributed by atoms with Crippen molar-refractivity contribution in [2.45, 2.75) is 44.6 Å². The first-order valence-electron chi connectivity index (χ1n) is 6.25. The highest BCUT2D eigenvalue weighted by molar-refractivity contribution is 7.89. The zero-order valence-corrected chi connectivity index (χ0v) is 12.3. The van der Waals surface area contributed by atoms with Crippen LogP contribution in [0.3, 0.4) is 0 Å². The van der Waals surface area contributed by atoms with Crippen LogP contribution in [0.4, 0.5) is 5.69 Å². The molecule has 1 rings (SSSR count). The third-order valence-electron chi connectivity index (χ3n) is 3.13. The zero-order valence-electron chi connectivity index (χ0n) is 11.4. The molecule has 0 aliphatic heterocycles. The fourth-order valence-corrected chi connectivity index (χ4v) is 2.51. The summed E-state index contributed by atoms with van der Waals surface area (Å²) in [5.74, 6) is 0. The van der Waals surface area contributed by atoms with Gasteiger partial charge >= 0.3 is 0 Å². The Hall–Kier alpha value is -1.07. The molecule has 0 unspecified atom stereocenters. The van der Waals surface area contributed by atoms with Crippen LogP contribution in [0.5, 0.6) is 0 Å². The molecule has 0 bridgehead atoms. The molecule has 102 valence electrons. The van der Waals surface area contributed by atoms with Crippen LogP contribution < -0.4 is 10.0 Å². The SMILES string of the molecule is CCC(CC)Nc1cc(S(=O)(=O)NC)ccc1C.